The van der Waals surface area contributed by atoms with E-state index in [2.05, 4.69) is 42.2 Å². The molecular weight excluding hydrogens is 428 g/mol. The highest BCUT2D eigenvalue weighted by atomic mass is 16.1. The van der Waals surface area contributed by atoms with Crippen LogP contribution in [0, 0.1) is 0 Å². The highest BCUT2D eigenvalue weighted by molar-refractivity contribution is 6.07. The van der Waals surface area contributed by atoms with Gasteiger partial charge in [-0.1, -0.05) is 12.1 Å². The van der Waals surface area contributed by atoms with Gasteiger partial charge in [0.2, 0.25) is 0 Å². The fraction of sp³-hybridized carbons (Fsp3) is 0.240. The number of rotatable bonds is 6. The number of anilines is 1. The normalized spacial score (nSPS) is 13.9. The van der Waals surface area contributed by atoms with E-state index in [1.165, 1.54) is 6.42 Å². The van der Waals surface area contributed by atoms with Gasteiger partial charge in [0.15, 0.2) is 5.82 Å². The van der Waals surface area contributed by atoms with Crippen molar-refractivity contribution in [1.82, 2.24) is 35.0 Å². The van der Waals surface area contributed by atoms with Gasteiger partial charge in [0.1, 0.15) is 17.0 Å². The third-order valence-electron chi connectivity index (χ3n) is 6.50. The zero-order chi connectivity index (χ0) is 23.1. The molecule has 1 aliphatic carbocycles. The minimum Gasteiger partial charge on any atom is -0.382 e. The number of aromatic amines is 1. The van der Waals surface area contributed by atoms with Crippen LogP contribution < -0.4 is 11.1 Å². The SMILES string of the molecule is Nc1nc2cc(-c3ccn[nH]3)ccc2c2c1nc(CCNC(=O)c1ccccn1)n2C1CCC1. The fourth-order valence-corrected chi connectivity index (χ4v) is 4.60. The number of fused-ring (bicyclic) bond motifs is 3. The fourth-order valence-electron chi connectivity index (χ4n) is 4.60. The summed E-state index contributed by atoms with van der Waals surface area (Å²) in [5, 5.41) is 11.0. The number of benzene rings is 1. The molecule has 0 spiro atoms. The minimum absolute atomic E-state index is 0.190. The molecule has 6 rings (SSSR count). The number of pyridine rings is 2. The molecule has 5 aromatic rings. The van der Waals surface area contributed by atoms with E-state index >= 15 is 0 Å². The van der Waals surface area contributed by atoms with E-state index in [0.29, 0.717) is 30.5 Å². The number of nitrogen functional groups attached to an aromatic ring is 1. The third kappa shape index (κ3) is 3.45. The summed E-state index contributed by atoms with van der Waals surface area (Å²) in [5.41, 5.74) is 11.3. The molecule has 34 heavy (non-hydrogen) atoms. The van der Waals surface area contributed by atoms with Crippen LogP contribution in [0.2, 0.25) is 0 Å². The van der Waals surface area contributed by atoms with Crippen molar-refractivity contribution in [3.05, 3.63) is 66.4 Å². The first kappa shape index (κ1) is 20.3. The van der Waals surface area contributed by atoms with Crippen LogP contribution in [0.5, 0.6) is 0 Å². The maximum Gasteiger partial charge on any atom is 0.269 e. The van der Waals surface area contributed by atoms with Crippen molar-refractivity contribution < 1.29 is 4.79 Å². The van der Waals surface area contributed by atoms with Crippen molar-refractivity contribution >= 4 is 33.7 Å². The Morgan fingerprint density at radius 1 is 1.15 bits per heavy atom. The highest BCUT2D eigenvalue weighted by Crippen LogP contribution is 2.39. The van der Waals surface area contributed by atoms with Gasteiger partial charge >= 0.3 is 0 Å². The summed E-state index contributed by atoms with van der Waals surface area (Å²) in [7, 11) is 0. The topological polar surface area (TPSA) is 127 Å². The summed E-state index contributed by atoms with van der Waals surface area (Å²) in [6.07, 6.45) is 7.35. The molecule has 4 heterocycles. The van der Waals surface area contributed by atoms with Crippen molar-refractivity contribution in [2.75, 3.05) is 12.3 Å². The molecule has 1 aliphatic rings. The smallest absolute Gasteiger partial charge is 0.269 e. The Hall–Kier alpha value is -4.27. The van der Waals surface area contributed by atoms with Crippen LogP contribution in [0.15, 0.2) is 54.9 Å². The molecule has 1 fully saturated rings. The second kappa shape index (κ2) is 8.26. The van der Waals surface area contributed by atoms with E-state index in [9.17, 15) is 4.79 Å². The van der Waals surface area contributed by atoms with Gasteiger partial charge in [0.05, 0.1) is 16.7 Å². The van der Waals surface area contributed by atoms with Gasteiger partial charge in [-0.05, 0) is 49.6 Å². The van der Waals surface area contributed by atoms with Crippen molar-refractivity contribution in [3.63, 3.8) is 0 Å². The quantitative estimate of drug-likeness (QED) is 0.361. The number of H-pyrrole nitrogens is 1. The predicted octanol–water partition coefficient (Wildman–Crippen LogP) is 3.65. The molecule has 4 aromatic heterocycles. The lowest BCUT2D eigenvalue weighted by molar-refractivity contribution is 0.0949. The molecule has 170 valence electrons. The minimum atomic E-state index is -0.190. The first-order chi connectivity index (χ1) is 16.7. The van der Waals surface area contributed by atoms with Crippen LogP contribution in [0.25, 0.3) is 33.2 Å². The number of carbonyl (C=O) groups is 1. The van der Waals surface area contributed by atoms with Gasteiger partial charge < -0.3 is 15.6 Å². The van der Waals surface area contributed by atoms with Crippen molar-refractivity contribution in [3.8, 4) is 11.3 Å². The van der Waals surface area contributed by atoms with E-state index in [4.69, 9.17) is 10.7 Å². The predicted molar refractivity (Wildman–Crippen MR) is 130 cm³/mol. The van der Waals surface area contributed by atoms with Crippen molar-refractivity contribution in [2.45, 2.75) is 31.7 Å². The zero-order valence-electron chi connectivity index (χ0n) is 18.5. The van der Waals surface area contributed by atoms with Crippen molar-refractivity contribution in [1.29, 1.82) is 0 Å². The number of imidazole rings is 1. The summed E-state index contributed by atoms with van der Waals surface area (Å²) in [5.74, 6) is 1.14. The Morgan fingerprint density at radius 2 is 2.06 bits per heavy atom. The molecule has 0 unspecified atom stereocenters. The van der Waals surface area contributed by atoms with E-state index in [0.717, 1.165) is 51.9 Å². The monoisotopic (exact) mass is 452 g/mol. The average molecular weight is 453 g/mol. The molecule has 9 nitrogen and oxygen atoms in total. The number of carbonyl (C=O) groups excluding carboxylic acids is 1. The molecule has 0 radical (unpaired) electrons. The second-order valence-electron chi connectivity index (χ2n) is 8.60. The Balaban J connectivity index is 1.38. The zero-order valence-corrected chi connectivity index (χ0v) is 18.5. The van der Waals surface area contributed by atoms with Crippen LogP contribution in [0.3, 0.4) is 0 Å². The molecule has 1 saturated carbocycles. The summed E-state index contributed by atoms with van der Waals surface area (Å²) >= 11 is 0. The number of nitrogens with one attached hydrogen (secondary N) is 2. The van der Waals surface area contributed by atoms with Gasteiger partial charge in [-0.25, -0.2) is 9.97 Å². The standard InChI is InChI=1S/C25H24N8O/c26-24-22-23(17-8-7-15(14-20(17)30-24)18-9-13-29-32-18)33(16-4-3-5-16)21(31-22)10-12-28-25(34)19-6-1-2-11-27-19/h1-2,6-9,11,13-14,16H,3-5,10,12H2,(H2,26,30)(H,28,34)(H,29,32). The lowest BCUT2D eigenvalue weighted by Gasteiger charge is -2.29. The lowest BCUT2D eigenvalue weighted by atomic mass is 9.92. The molecule has 1 aromatic carbocycles. The molecule has 9 heteroatoms. The van der Waals surface area contributed by atoms with E-state index in [-0.39, 0.29) is 5.91 Å². The van der Waals surface area contributed by atoms with Gasteiger partial charge in [-0.15, -0.1) is 0 Å². The Bertz CT molecular complexity index is 1490. The molecule has 1 amide bonds. The maximum atomic E-state index is 12.4. The lowest BCUT2D eigenvalue weighted by Crippen LogP contribution is -2.28. The summed E-state index contributed by atoms with van der Waals surface area (Å²) < 4.78 is 2.32. The Labute approximate surface area is 195 Å². The number of hydrogen-bond donors (Lipinski definition) is 3. The summed E-state index contributed by atoms with van der Waals surface area (Å²) in [4.78, 5) is 26.1. The number of amides is 1. The first-order valence-corrected chi connectivity index (χ1v) is 11.5. The molecule has 4 N–H and O–H groups in total. The third-order valence-corrected chi connectivity index (χ3v) is 6.50. The van der Waals surface area contributed by atoms with E-state index in [1.54, 1.807) is 30.6 Å². The van der Waals surface area contributed by atoms with Crippen molar-refractivity contribution in [2.24, 2.45) is 0 Å². The van der Waals surface area contributed by atoms with Crippen LogP contribution in [-0.2, 0) is 6.42 Å². The number of hydrogen-bond acceptors (Lipinski definition) is 6. The number of nitrogens with zero attached hydrogens (tertiary/aromatic N) is 5. The number of aromatic nitrogens is 6. The van der Waals surface area contributed by atoms with E-state index in [1.807, 2.05) is 12.1 Å². The maximum absolute atomic E-state index is 12.4. The van der Waals surface area contributed by atoms with Gasteiger partial charge in [0, 0.05) is 42.4 Å². The van der Waals surface area contributed by atoms with Crippen LogP contribution in [0.1, 0.15) is 41.6 Å². The average Bonchev–Trinajstić information content (AvgIpc) is 3.48. The Kier molecular flexibility index (Phi) is 4.94. The van der Waals surface area contributed by atoms with E-state index < -0.39 is 0 Å². The molecular formula is C25H24N8O. The molecule has 0 atom stereocenters. The van der Waals surface area contributed by atoms with Gasteiger partial charge in [-0.2, -0.15) is 5.10 Å². The van der Waals surface area contributed by atoms with Gasteiger partial charge in [-0.3, -0.25) is 14.9 Å². The van der Waals surface area contributed by atoms with Gasteiger partial charge in [0.25, 0.3) is 5.91 Å². The van der Waals surface area contributed by atoms with Crippen LogP contribution >= 0.6 is 0 Å². The molecule has 0 aliphatic heterocycles. The van der Waals surface area contributed by atoms with Crippen LogP contribution in [-0.4, -0.2) is 42.2 Å². The molecule has 0 saturated heterocycles. The largest absolute Gasteiger partial charge is 0.382 e. The summed E-state index contributed by atoms with van der Waals surface area (Å²) in [6, 6.07) is 13.8. The molecule has 0 bridgehead atoms. The summed E-state index contributed by atoms with van der Waals surface area (Å²) in [6.45, 7) is 0.459. The van der Waals surface area contributed by atoms with Crippen LogP contribution in [0.4, 0.5) is 5.82 Å². The Morgan fingerprint density at radius 3 is 2.79 bits per heavy atom. The number of nitrogens with two attached hydrogens (primary N) is 1. The first-order valence-electron chi connectivity index (χ1n) is 11.5. The second-order valence-corrected chi connectivity index (χ2v) is 8.60. The highest BCUT2D eigenvalue weighted by Gasteiger charge is 2.27.